The molecule has 2 heterocycles. The van der Waals surface area contributed by atoms with Crippen molar-refractivity contribution in [2.45, 2.75) is 64.3 Å². The zero-order valence-electron chi connectivity index (χ0n) is 27.5. The van der Waals surface area contributed by atoms with Gasteiger partial charge in [0.05, 0.1) is 18.5 Å². The molecule has 2 saturated heterocycles. The molecule has 0 aromatic heterocycles. The smallest absolute Gasteiger partial charge is 0.306 e. The minimum atomic E-state index is -0.423. The molecule has 0 radical (unpaired) electrons. The molecule has 0 unspecified atom stereocenters. The summed E-state index contributed by atoms with van der Waals surface area (Å²) >= 11 is 0. The number of hydrogen-bond acceptors (Lipinski definition) is 5. The van der Waals surface area contributed by atoms with Crippen LogP contribution in [0.4, 0.5) is 0 Å². The van der Waals surface area contributed by atoms with Crippen LogP contribution in [0.25, 0.3) is 0 Å². The van der Waals surface area contributed by atoms with Crippen molar-refractivity contribution in [1.82, 2.24) is 9.80 Å². The summed E-state index contributed by atoms with van der Waals surface area (Å²) in [7, 11) is 0. The van der Waals surface area contributed by atoms with E-state index < -0.39 is 5.60 Å². The maximum Gasteiger partial charge on any atom is 0.306 e. The summed E-state index contributed by atoms with van der Waals surface area (Å²) in [5, 5.41) is 0. The quantitative estimate of drug-likeness (QED) is 0.210. The highest BCUT2D eigenvalue weighted by atomic mass is 16.6. The van der Waals surface area contributed by atoms with Crippen molar-refractivity contribution in [3.8, 4) is 0 Å². The Morgan fingerprint density at radius 1 is 0.644 bits per heavy atom. The van der Waals surface area contributed by atoms with Gasteiger partial charge in [-0.3, -0.25) is 14.6 Å². The lowest BCUT2D eigenvalue weighted by Crippen LogP contribution is -2.65. The third kappa shape index (κ3) is 8.70. The number of carbonyl (C=O) groups excluding carboxylic acids is 1. The van der Waals surface area contributed by atoms with Gasteiger partial charge in [-0.05, 0) is 49.9 Å². The predicted molar refractivity (Wildman–Crippen MR) is 184 cm³/mol. The van der Waals surface area contributed by atoms with Crippen molar-refractivity contribution >= 4 is 5.97 Å². The minimum absolute atomic E-state index is 0.0237. The number of nitrogens with zero attached hydrogens (tertiary/aromatic N) is 2. The second-order valence-corrected chi connectivity index (χ2v) is 14.5. The molecule has 0 amide bonds. The van der Waals surface area contributed by atoms with Gasteiger partial charge in [0, 0.05) is 37.1 Å². The third-order valence-electron chi connectivity index (χ3n) is 8.48. The van der Waals surface area contributed by atoms with Crippen molar-refractivity contribution < 1.29 is 9.53 Å². The van der Waals surface area contributed by atoms with E-state index in [4.69, 9.17) is 10.5 Å². The molecule has 0 bridgehead atoms. The predicted octanol–water partition coefficient (Wildman–Crippen LogP) is 7.64. The fraction of sp³-hybridized carbons (Fsp3) is 0.375. The van der Waals surface area contributed by atoms with E-state index in [9.17, 15) is 4.79 Å². The van der Waals surface area contributed by atoms with Crippen molar-refractivity contribution in [2.24, 2.45) is 11.1 Å². The SMILES string of the molecule is CC1(CC(=O)OC(C)(C)C)CN(C(c2ccccc2)c2ccccc2)C1.CC1(N)CN(C(c2ccccc2)c2ccccc2)C1. The van der Waals surface area contributed by atoms with E-state index in [-0.39, 0.29) is 23.0 Å². The first kappa shape index (κ1) is 32.6. The monoisotopic (exact) mass is 603 g/mol. The van der Waals surface area contributed by atoms with Crippen LogP contribution in [0.5, 0.6) is 0 Å². The largest absolute Gasteiger partial charge is 0.460 e. The highest BCUT2D eigenvalue weighted by Gasteiger charge is 2.44. The molecular weight excluding hydrogens is 554 g/mol. The Balaban J connectivity index is 0.000000186. The normalized spacial score (nSPS) is 17.5. The number of likely N-dealkylation sites (tertiary alicyclic amines) is 2. The van der Waals surface area contributed by atoms with E-state index in [0.717, 1.165) is 26.2 Å². The molecule has 6 rings (SSSR count). The van der Waals surface area contributed by atoms with Gasteiger partial charge in [0.1, 0.15) is 5.60 Å². The molecule has 2 fully saturated rings. The van der Waals surface area contributed by atoms with Crippen LogP contribution in [0.3, 0.4) is 0 Å². The fourth-order valence-electron chi connectivity index (χ4n) is 6.79. The zero-order valence-corrected chi connectivity index (χ0v) is 27.5. The van der Waals surface area contributed by atoms with Crippen LogP contribution >= 0.6 is 0 Å². The first-order chi connectivity index (χ1) is 21.4. The summed E-state index contributed by atoms with van der Waals surface area (Å²) in [6.07, 6.45) is 0.469. The number of carbonyl (C=O) groups is 1. The van der Waals surface area contributed by atoms with Crippen molar-refractivity contribution in [2.75, 3.05) is 26.2 Å². The van der Waals surface area contributed by atoms with E-state index in [1.54, 1.807) is 0 Å². The number of rotatable bonds is 8. The van der Waals surface area contributed by atoms with E-state index in [1.165, 1.54) is 22.3 Å². The van der Waals surface area contributed by atoms with Crippen LogP contribution < -0.4 is 5.73 Å². The topological polar surface area (TPSA) is 58.8 Å². The standard InChI is InChI=1S/C23H29NO2.C17H20N2/c1-22(2,3)26-20(25)15-23(4)16-24(17-23)21(18-11-7-5-8-12-18)19-13-9-6-10-14-19;1-17(18)12-19(13-17)16(14-8-4-2-5-9-14)15-10-6-3-7-11-15/h5-14,21H,15-17H2,1-4H3;2-11,16H,12-13,18H2,1H3. The van der Waals surface area contributed by atoms with Crippen LogP contribution in [0.1, 0.15) is 75.4 Å². The molecule has 0 atom stereocenters. The molecule has 45 heavy (non-hydrogen) atoms. The molecule has 236 valence electrons. The summed E-state index contributed by atoms with van der Waals surface area (Å²) in [6, 6.07) is 43.1. The molecule has 5 heteroatoms. The lowest BCUT2D eigenvalue weighted by atomic mass is 9.76. The van der Waals surface area contributed by atoms with Crippen LogP contribution in [-0.4, -0.2) is 53.1 Å². The van der Waals surface area contributed by atoms with Crippen LogP contribution in [0.2, 0.25) is 0 Å². The second-order valence-electron chi connectivity index (χ2n) is 14.5. The molecule has 4 aromatic carbocycles. The van der Waals surface area contributed by atoms with Gasteiger partial charge in [-0.1, -0.05) is 128 Å². The lowest BCUT2D eigenvalue weighted by Gasteiger charge is -2.51. The number of nitrogens with two attached hydrogens (primary N) is 1. The lowest BCUT2D eigenvalue weighted by molar-refractivity contribution is -0.161. The molecule has 2 N–H and O–H groups in total. The molecule has 5 nitrogen and oxygen atoms in total. The summed E-state index contributed by atoms with van der Waals surface area (Å²) in [5.41, 5.74) is 10.9. The Kier molecular flexibility index (Phi) is 9.93. The van der Waals surface area contributed by atoms with Gasteiger partial charge in [0.2, 0.25) is 0 Å². The average molecular weight is 604 g/mol. The van der Waals surface area contributed by atoms with Crippen LogP contribution in [0, 0.1) is 5.41 Å². The van der Waals surface area contributed by atoms with Crippen molar-refractivity contribution in [1.29, 1.82) is 0 Å². The van der Waals surface area contributed by atoms with Gasteiger partial charge in [-0.15, -0.1) is 0 Å². The van der Waals surface area contributed by atoms with Crippen molar-refractivity contribution in [3.05, 3.63) is 144 Å². The molecule has 2 aliphatic rings. The minimum Gasteiger partial charge on any atom is -0.460 e. The summed E-state index contributed by atoms with van der Waals surface area (Å²) in [4.78, 5) is 17.1. The van der Waals surface area contributed by atoms with Gasteiger partial charge in [0.15, 0.2) is 0 Å². The Morgan fingerprint density at radius 3 is 1.24 bits per heavy atom. The summed E-state index contributed by atoms with van der Waals surface area (Å²) in [6.45, 7) is 13.7. The highest BCUT2D eigenvalue weighted by Crippen LogP contribution is 2.42. The number of esters is 1. The van der Waals surface area contributed by atoms with E-state index in [1.807, 2.05) is 32.9 Å². The van der Waals surface area contributed by atoms with Gasteiger partial charge in [-0.25, -0.2) is 0 Å². The second kappa shape index (κ2) is 13.7. The molecule has 0 aliphatic carbocycles. The first-order valence-corrected chi connectivity index (χ1v) is 16.1. The maximum atomic E-state index is 12.2. The van der Waals surface area contributed by atoms with Crippen molar-refractivity contribution in [3.63, 3.8) is 0 Å². The van der Waals surface area contributed by atoms with Crippen LogP contribution in [-0.2, 0) is 9.53 Å². The van der Waals surface area contributed by atoms with Crippen LogP contribution in [0.15, 0.2) is 121 Å². The number of ether oxygens (including phenoxy) is 1. The molecule has 4 aromatic rings. The van der Waals surface area contributed by atoms with Gasteiger partial charge < -0.3 is 10.5 Å². The highest BCUT2D eigenvalue weighted by molar-refractivity contribution is 5.71. The fourth-order valence-corrected chi connectivity index (χ4v) is 6.79. The molecular formula is C40H49N3O2. The van der Waals surface area contributed by atoms with E-state index in [0.29, 0.717) is 12.5 Å². The Bertz CT molecular complexity index is 1410. The molecule has 0 saturated carbocycles. The van der Waals surface area contributed by atoms with E-state index in [2.05, 4.69) is 133 Å². The van der Waals surface area contributed by atoms with Gasteiger partial charge >= 0.3 is 5.97 Å². The number of hydrogen-bond donors (Lipinski definition) is 1. The Morgan fingerprint density at radius 2 is 0.956 bits per heavy atom. The van der Waals surface area contributed by atoms with Gasteiger partial charge in [-0.2, -0.15) is 0 Å². The summed E-state index contributed by atoms with van der Waals surface area (Å²) in [5.74, 6) is -0.101. The average Bonchev–Trinajstić information content (AvgIpc) is 2.97. The number of benzene rings is 4. The zero-order chi connectivity index (χ0) is 32.1. The molecule has 2 aliphatic heterocycles. The Hall–Kier alpha value is -3.77. The third-order valence-corrected chi connectivity index (χ3v) is 8.48. The van der Waals surface area contributed by atoms with E-state index >= 15 is 0 Å². The summed E-state index contributed by atoms with van der Waals surface area (Å²) < 4.78 is 5.52. The van der Waals surface area contributed by atoms with Gasteiger partial charge in [0.25, 0.3) is 0 Å². The Labute approximate surface area is 270 Å². The maximum absolute atomic E-state index is 12.2. The first-order valence-electron chi connectivity index (χ1n) is 16.1. The molecule has 0 spiro atoms.